The van der Waals surface area contributed by atoms with Gasteiger partial charge in [-0.05, 0) is 72.7 Å². The fraction of sp³-hybridized carbons (Fsp3) is 0.417. The summed E-state index contributed by atoms with van der Waals surface area (Å²) >= 11 is 5.02. The van der Waals surface area contributed by atoms with E-state index in [2.05, 4.69) is 22.8 Å². The van der Waals surface area contributed by atoms with E-state index in [0.717, 1.165) is 22.6 Å². The van der Waals surface area contributed by atoms with E-state index in [-0.39, 0.29) is 17.3 Å². The van der Waals surface area contributed by atoms with Crippen LogP contribution in [-0.4, -0.2) is 22.8 Å². The number of thioether (sulfide) groups is 1. The molecule has 8 heteroatoms. The van der Waals surface area contributed by atoms with Crippen molar-refractivity contribution in [3.63, 3.8) is 0 Å². The number of benzene rings is 1. The monoisotopic (exact) mass is 484 g/mol. The molecule has 1 aromatic carbocycles. The van der Waals surface area contributed by atoms with E-state index < -0.39 is 0 Å². The standard InChI is InChI=1S/C24H24N2O3S3/c1-29-16-8-6-15(7-9-16)25-18(27)12-26-23-22(32-24(26)28)20(17-3-2-10-30-17)19-13-4-5-14(11-13)21(19)31-23/h2-3,6-10,13-14,19-21H,4-5,11-12H2,1H3,(H,25,27)/t13?,14?,19?,20-,21?/m1/s1. The normalized spacial score (nSPS) is 27.7. The maximum Gasteiger partial charge on any atom is 0.308 e. The summed E-state index contributed by atoms with van der Waals surface area (Å²) in [6, 6.07) is 11.6. The average molecular weight is 485 g/mol. The first kappa shape index (κ1) is 20.6. The van der Waals surface area contributed by atoms with Crippen molar-refractivity contribution in [1.29, 1.82) is 0 Å². The van der Waals surface area contributed by atoms with Crippen molar-refractivity contribution >= 4 is 46.0 Å². The number of aromatic nitrogens is 1. The van der Waals surface area contributed by atoms with Crippen LogP contribution in [0.3, 0.4) is 0 Å². The lowest BCUT2D eigenvalue weighted by Gasteiger charge is -2.40. The summed E-state index contributed by atoms with van der Waals surface area (Å²) in [4.78, 5) is 28.4. The Balaban J connectivity index is 1.32. The number of carbonyl (C=O) groups is 1. The van der Waals surface area contributed by atoms with Gasteiger partial charge < -0.3 is 10.1 Å². The quantitative estimate of drug-likeness (QED) is 0.536. The van der Waals surface area contributed by atoms with Crippen LogP contribution < -0.4 is 14.9 Å². The molecule has 1 N–H and O–H groups in total. The molecule has 2 fully saturated rings. The number of ether oxygens (including phenoxy) is 1. The van der Waals surface area contributed by atoms with Crippen LogP contribution in [0.1, 0.15) is 34.9 Å². The molecule has 3 heterocycles. The van der Waals surface area contributed by atoms with Crippen molar-refractivity contribution in [1.82, 2.24) is 4.57 Å². The third-order valence-corrected chi connectivity index (χ3v) is 11.0. The molecule has 3 aliphatic rings. The van der Waals surface area contributed by atoms with Gasteiger partial charge >= 0.3 is 4.87 Å². The van der Waals surface area contributed by atoms with E-state index in [9.17, 15) is 9.59 Å². The maximum atomic E-state index is 13.1. The number of anilines is 1. The first-order valence-corrected chi connectivity index (χ1v) is 13.6. The molecule has 4 unspecified atom stereocenters. The Morgan fingerprint density at radius 2 is 2.00 bits per heavy atom. The highest BCUT2D eigenvalue weighted by molar-refractivity contribution is 8.00. The Morgan fingerprint density at radius 1 is 1.19 bits per heavy atom. The highest BCUT2D eigenvalue weighted by Crippen LogP contribution is 2.64. The van der Waals surface area contributed by atoms with Gasteiger partial charge in [0, 0.05) is 26.6 Å². The Bertz CT molecular complexity index is 1200. The van der Waals surface area contributed by atoms with Gasteiger partial charge in [0.1, 0.15) is 12.3 Å². The first-order valence-electron chi connectivity index (χ1n) is 11.0. The highest BCUT2D eigenvalue weighted by Gasteiger charge is 2.55. The molecule has 5 nitrogen and oxygen atoms in total. The smallest absolute Gasteiger partial charge is 0.308 e. The number of thiophene rings is 1. The topological polar surface area (TPSA) is 60.3 Å². The third kappa shape index (κ3) is 3.35. The fourth-order valence-electron chi connectivity index (χ4n) is 5.89. The molecule has 2 aliphatic carbocycles. The van der Waals surface area contributed by atoms with Gasteiger partial charge in [0.2, 0.25) is 5.91 Å². The van der Waals surface area contributed by atoms with E-state index in [0.29, 0.717) is 22.8 Å². The number of rotatable bonds is 5. The minimum atomic E-state index is -0.179. The van der Waals surface area contributed by atoms with E-state index in [1.54, 1.807) is 23.0 Å². The lowest BCUT2D eigenvalue weighted by Crippen LogP contribution is -2.34. The SMILES string of the molecule is COc1ccc(NC(=O)Cn2c3c(sc2=O)[C@H](c2cccs2)C2C4CCC(C4)C2S3)cc1. The van der Waals surface area contributed by atoms with Crippen LogP contribution in [-0.2, 0) is 11.3 Å². The van der Waals surface area contributed by atoms with Gasteiger partial charge in [-0.25, -0.2) is 0 Å². The number of nitrogens with one attached hydrogen (secondary N) is 1. The van der Waals surface area contributed by atoms with Gasteiger partial charge in [0.05, 0.1) is 12.1 Å². The number of thiazole rings is 1. The number of fused-ring (bicyclic) bond motifs is 6. The molecule has 5 atom stereocenters. The van der Waals surface area contributed by atoms with E-state index in [1.165, 1.54) is 40.4 Å². The largest absolute Gasteiger partial charge is 0.497 e. The minimum absolute atomic E-state index is 0.0266. The van der Waals surface area contributed by atoms with Crippen molar-refractivity contribution < 1.29 is 9.53 Å². The molecule has 1 aliphatic heterocycles. The Hall–Kier alpha value is -2.03. The van der Waals surface area contributed by atoms with Crippen molar-refractivity contribution in [2.75, 3.05) is 12.4 Å². The molecule has 2 aromatic heterocycles. The summed E-state index contributed by atoms with van der Waals surface area (Å²) in [5, 5.41) is 6.64. The zero-order valence-electron chi connectivity index (χ0n) is 17.7. The summed E-state index contributed by atoms with van der Waals surface area (Å²) in [6.45, 7) is 0.0480. The van der Waals surface area contributed by atoms with Gasteiger partial charge in [-0.2, -0.15) is 0 Å². The molecular formula is C24H24N2O3S3. The molecule has 2 bridgehead atoms. The zero-order chi connectivity index (χ0) is 21.8. The van der Waals surface area contributed by atoms with E-state index in [4.69, 9.17) is 4.74 Å². The molecule has 1 amide bonds. The molecule has 0 radical (unpaired) electrons. The number of methoxy groups -OCH3 is 1. The number of carbonyl (C=O) groups excluding carboxylic acids is 1. The van der Waals surface area contributed by atoms with Crippen LogP contribution in [0, 0.1) is 17.8 Å². The van der Waals surface area contributed by atoms with Crippen LogP contribution in [0.15, 0.2) is 51.6 Å². The Kier molecular flexibility index (Phi) is 5.19. The lowest BCUT2D eigenvalue weighted by molar-refractivity contribution is -0.116. The predicted octanol–water partition coefficient (Wildman–Crippen LogP) is 5.27. The van der Waals surface area contributed by atoms with Crippen molar-refractivity contribution in [3.05, 3.63) is 61.2 Å². The van der Waals surface area contributed by atoms with Crippen molar-refractivity contribution in [2.45, 2.75) is 42.0 Å². The molecule has 2 saturated carbocycles. The van der Waals surface area contributed by atoms with Crippen LogP contribution >= 0.6 is 34.4 Å². The Morgan fingerprint density at radius 3 is 2.75 bits per heavy atom. The van der Waals surface area contributed by atoms with Gasteiger partial charge in [-0.15, -0.1) is 23.1 Å². The molecule has 166 valence electrons. The first-order chi connectivity index (χ1) is 15.6. The van der Waals surface area contributed by atoms with Crippen molar-refractivity contribution in [2.24, 2.45) is 17.8 Å². The summed E-state index contributed by atoms with van der Waals surface area (Å²) in [7, 11) is 1.61. The number of hydrogen-bond acceptors (Lipinski definition) is 6. The van der Waals surface area contributed by atoms with Crippen LogP contribution in [0.4, 0.5) is 5.69 Å². The highest BCUT2D eigenvalue weighted by atomic mass is 32.2. The maximum absolute atomic E-state index is 13.1. The molecule has 6 rings (SSSR count). The van der Waals surface area contributed by atoms with Gasteiger partial charge in [-0.1, -0.05) is 17.4 Å². The molecule has 32 heavy (non-hydrogen) atoms. The average Bonchev–Trinajstić information content (AvgIpc) is 3.59. The van der Waals surface area contributed by atoms with Crippen LogP contribution in [0.5, 0.6) is 5.75 Å². The van der Waals surface area contributed by atoms with Crippen LogP contribution in [0.2, 0.25) is 0 Å². The zero-order valence-corrected chi connectivity index (χ0v) is 20.1. The Labute approximate surface area is 198 Å². The number of hydrogen-bond donors (Lipinski definition) is 1. The number of nitrogens with zero attached hydrogens (tertiary/aromatic N) is 1. The molecule has 3 aromatic rings. The van der Waals surface area contributed by atoms with Gasteiger partial charge in [-0.3, -0.25) is 14.2 Å². The number of amides is 1. The minimum Gasteiger partial charge on any atom is -0.497 e. The lowest BCUT2D eigenvalue weighted by atomic mass is 9.77. The second-order valence-corrected chi connectivity index (χ2v) is 12.0. The van der Waals surface area contributed by atoms with Crippen LogP contribution in [0.25, 0.3) is 0 Å². The summed E-state index contributed by atoms with van der Waals surface area (Å²) < 4.78 is 6.89. The van der Waals surface area contributed by atoms with Gasteiger partial charge in [0.15, 0.2) is 0 Å². The fourth-order valence-corrected chi connectivity index (χ4v) is 10.0. The summed E-state index contributed by atoms with van der Waals surface area (Å²) in [5.74, 6) is 2.98. The molecular weight excluding hydrogens is 460 g/mol. The summed E-state index contributed by atoms with van der Waals surface area (Å²) in [6.07, 6.45) is 3.95. The summed E-state index contributed by atoms with van der Waals surface area (Å²) in [5.41, 5.74) is 0.699. The second kappa shape index (κ2) is 8.08. The van der Waals surface area contributed by atoms with Crippen molar-refractivity contribution in [3.8, 4) is 5.75 Å². The second-order valence-electron chi connectivity index (χ2n) is 8.89. The third-order valence-electron chi connectivity index (χ3n) is 7.22. The molecule has 0 saturated heterocycles. The van der Waals surface area contributed by atoms with E-state index >= 15 is 0 Å². The predicted molar refractivity (Wildman–Crippen MR) is 130 cm³/mol. The molecule has 0 spiro atoms. The van der Waals surface area contributed by atoms with Gasteiger partial charge in [0.25, 0.3) is 0 Å². The van der Waals surface area contributed by atoms with E-state index in [1.807, 2.05) is 36.0 Å².